The molecule has 0 saturated carbocycles. The summed E-state index contributed by atoms with van der Waals surface area (Å²) in [4.78, 5) is 4.62. The third-order valence-electron chi connectivity index (χ3n) is 5.70. The lowest BCUT2D eigenvalue weighted by molar-refractivity contribution is -0.431. The normalized spacial score (nSPS) is 12.3. The molecule has 2 heterocycles. The first kappa shape index (κ1) is 19.3. The van der Waals surface area contributed by atoms with Gasteiger partial charge in [0, 0.05) is 37.0 Å². The Bertz CT molecular complexity index is 1300. The first-order valence-electron chi connectivity index (χ1n) is 10.5. The lowest BCUT2D eigenvalue weighted by Gasteiger charge is -2.03. The summed E-state index contributed by atoms with van der Waals surface area (Å²) in [5, 5.41) is 5.44. The van der Waals surface area contributed by atoms with Crippen molar-refractivity contribution in [1.29, 1.82) is 0 Å². The molecule has 0 fully saturated rings. The van der Waals surface area contributed by atoms with Crippen LogP contribution >= 0.6 is 0 Å². The van der Waals surface area contributed by atoms with Gasteiger partial charge in [-0.2, -0.15) is 4.98 Å². The van der Waals surface area contributed by atoms with Crippen molar-refractivity contribution in [3.05, 3.63) is 108 Å². The van der Waals surface area contributed by atoms with Gasteiger partial charge in [-0.25, -0.2) is 0 Å². The van der Waals surface area contributed by atoms with E-state index in [1.54, 1.807) is 0 Å². The molecule has 5 heteroatoms. The molecular weight excluding hydrogens is 384 g/mol. The third kappa shape index (κ3) is 4.00. The van der Waals surface area contributed by atoms with Crippen molar-refractivity contribution in [2.24, 2.45) is 7.05 Å². The van der Waals surface area contributed by atoms with E-state index >= 15 is 0 Å². The monoisotopic (exact) mass is 409 g/mol. The van der Waals surface area contributed by atoms with Crippen molar-refractivity contribution in [2.75, 3.05) is 0 Å². The van der Waals surface area contributed by atoms with Gasteiger partial charge in [0.05, 0.1) is 0 Å². The summed E-state index contributed by atoms with van der Waals surface area (Å²) < 4.78 is 7.70. The maximum Gasteiger partial charge on any atom is 0.285 e. The van der Waals surface area contributed by atoms with Crippen LogP contribution in [0.1, 0.15) is 28.9 Å². The average molecular weight is 410 g/mol. The molecule has 0 saturated heterocycles. The zero-order chi connectivity index (χ0) is 21.2. The molecule has 0 aliphatic rings. The predicted molar refractivity (Wildman–Crippen MR) is 121 cm³/mol. The molecule has 2 aromatic heterocycles. The summed E-state index contributed by atoms with van der Waals surface area (Å²) in [7, 11) is 2.07. The van der Waals surface area contributed by atoms with Crippen molar-refractivity contribution in [3.63, 3.8) is 0 Å². The Morgan fingerprint density at radius 3 is 2.42 bits per heavy atom. The van der Waals surface area contributed by atoms with Gasteiger partial charge in [-0.3, -0.25) is 0 Å². The van der Waals surface area contributed by atoms with Gasteiger partial charge in [-0.05, 0) is 28.3 Å². The van der Waals surface area contributed by atoms with Gasteiger partial charge >= 0.3 is 0 Å². The second-order valence-corrected chi connectivity index (χ2v) is 7.97. The molecule has 5 nitrogen and oxygen atoms in total. The minimum atomic E-state index is -0.0903. The highest BCUT2D eigenvalue weighted by molar-refractivity contribution is 5.83. The van der Waals surface area contributed by atoms with Crippen LogP contribution in [0.15, 0.2) is 89.6 Å². The summed E-state index contributed by atoms with van der Waals surface area (Å²) in [5.74, 6) is 1.28. The first-order valence-corrected chi connectivity index (χ1v) is 10.5. The number of fused-ring (bicyclic) bond motifs is 1. The van der Waals surface area contributed by atoms with E-state index in [-0.39, 0.29) is 6.04 Å². The molecule has 31 heavy (non-hydrogen) atoms. The molecule has 0 spiro atoms. The van der Waals surface area contributed by atoms with Gasteiger partial charge in [0.25, 0.3) is 5.89 Å². The van der Waals surface area contributed by atoms with E-state index in [2.05, 4.69) is 106 Å². The molecule has 0 aliphatic carbocycles. The molecule has 0 amide bonds. The fourth-order valence-electron chi connectivity index (χ4n) is 4.07. The van der Waals surface area contributed by atoms with E-state index in [4.69, 9.17) is 4.52 Å². The van der Waals surface area contributed by atoms with Gasteiger partial charge in [-0.15, -0.1) is 0 Å². The van der Waals surface area contributed by atoms with Crippen LogP contribution in [0.4, 0.5) is 0 Å². The van der Waals surface area contributed by atoms with Crippen LogP contribution in [-0.2, 0) is 19.9 Å². The fraction of sp³-hybridized carbons (Fsp3) is 0.154. The average Bonchev–Trinajstić information content (AvgIpc) is 3.40. The van der Waals surface area contributed by atoms with Crippen molar-refractivity contribution in [3.8, 4) is 11.1 Å². The number of quaternary nitrogens is 1. The Morgan fingerprint density at radius 2 is 1.61 bits per heavy atom. The van der Waals surface area contributed by atoms with Crippen LogP contribution < -0.4 is 5.73 Å². The van der Waals surface area contributed by atoms with Gasteiger partial charge in [-0.1, -0.05) is 78.0 Å². The highest BCUT2D eigenvalue weighted by Crippen LogP contribution is 2.24. The number of hydrogen-bond acceptors (Lipinski definition) is 3. The second kappa shape index (κ2) is 8.20. The summed E-state index contributed by atoms with van der Waals surface area (Å²) in [6, 6.07) is 27.2. The van der Waals surface area contributed by atoms with Crippen LogP contribution in [0.3, 0.4) is 0 Å². The highest BCUT2D eigenvalue weighted by Gasteiger charge is 2.21. The number of benzene rings is 3. The van der Waals surface area contributed by atoms with Gasteiger partial charge in [0.15, 0.2) is 11.9 Å². The van der Waals surface area contributed by atoms with Gasteiger partial charge in [0.2, 0.25) is 0 Å². The number of aromatic nitrogens is 3. The van der Waals surface area contributed by atoms with Crippen molar-refractivity contribution < 1.29 is 10.3 Å². The van der Waals surface area contributed by atoms with E-state index in [1.807, 2.05) is 6.07 Å². The Kier molecular flexibility index (Phi) is 5.10. The lowest BCUT2D eigenvalue weighted by Crippen LogP contribution is -2.54. The highest BCUT2D eigenvalue weighted by atomic mass is 16.5. The summed E-state index contributed by atoms with van der Waals surface area (Å²) >= 11 is 0. The topological polar surface area (TPSA) is 71.5 Å². The van der Waals surface area contributed by atoms with Crippen molar-refractivity contribution >= 4 is 10.9 Å². The molecular formula is C26H25N4O+. The quantitative estimate of drug-likeness (QED) is 0.453. The van der Waals surface area contributed by atoms with Crippen LogP contribution in [0, 0.1) is 0 Å². The maximum atomic E-state index is 5.55. The van der Waals surface area contributed by atoms with Crippen LogP contribution in [0.5, 0.6) is 0 Å². The minimum absolute atomic E-state index is 0.0903. The Morgan fingerprint density at radius 1 is 0.903 bits per heavy atom. The molecule has 1 atom stereocenters. The van der Waals surface area contributed by atoms with Crippen LogP contribution in [0.2, 0.25) is 0 Å². The van der Waals surface area contributed by atoms with Gasteiger partial charge in [0.1, 0.15) is 0 Å². The largest absolute Gasteiger partial charge is 0.350 e. The number of para-hydroxylation sites is 1. The molecule has 0 bridgehead atoms. The van der Waals surface area contributed by atoms with E-state index in [1.165, 1.54) is 27.6 Å². The molecule has 154 valence electrons. The Balaban J connectivity index is 1.28. The number of rotatable bonds is 6. The second-order valence-electron chi connectivity index (χ2n) is 7.97. The molecule has 3 aromatic carbocycles. The summed E-state index contributed by atoms with van der Waals surface area (Å²) in [6.45, 7) is 0. The van der Waals surface area contributed by atoms with Crippen LogP contribution in [0.25, 0.3) is 22.0 Å². The van der Waals surface area contributed by atoms with E-state index in [0.29, 0.717) is 18.1 Å². The number of aryl methyl sites for hydroxylation is 1. The fourth-order valence-corrected chi connectivity index (χ4v) is 4.07. The number of hydrogen-bond donors (Lipinski definition) is 1. The molecule has 5 rings (SSSR count). The van der Waals surface area contributed by atoms with E-state index in [0.717, 1.165) is 12.0 Å². The summed E-state index contributed by atoms with van der Waals surface area (Å²) in [5.41, 5.74) is 10.3. The molecule has 3 N–H and O–H groups in total. The Labute approximate surface area is 181 Å². The minimum Gasteiger partial charge on any atom is -0.350 e. The molecule has 0 aliphatic heterocycles. The number of nitrogens with zero attached hydrogens (tertiary/aromatic N) is 3. The SMILES string of the molecule is Cn1cc(CC([NH3+])c2nc(Cc3ccc(-c4ccccc4)cc3)no2)c2ccccc21. The molecule has 5 aromatic rings. The van der Waals surface area contributed by atoms with Gasteiger partial charge < -0.3 is 14.8 Å². The van der Waals surface area contributed by atoms with Crippen molar-refractivity contribution in [2.45, 2.75) is 18.9 Å². The maximum absolute atomic E-state index is 5.55. The zero-order valence-corrected chi connectivity index (χ0v) is 17.5. The van der Waals surface area contributed by atoms with E-state index < -0.39 is 0 Å². The van der Waals surface area contributed by atoms with Crippen molar-refractivity contribution in [1.82, 2.24) is 14.7 Å². The van der Waals surface area contributed by atoms with E-state index in [9.17, 15) is 0 Å². The lowest BCUT2D eigenvalue weighted by atomic mass is 10.0. The third-order valence-corrected chi connectivity index (χ3v) is 5.70. The standard InChI is InChI=1S/C26H24N4O/c1-30-17-21(22-9-5-6-10-24(22)30)16-23(27)26-28-25(29-31-26)15-18-11-13-20(14-12-18)19-7-3-2-4-8-19/h2-14,17,23H,15-16,27H2,1H3/p+1. The van der Waals surface area contributed by atoms with Crippen LogP contribution in [-0.4, -0.2) is 14.7 Å². The molecule has 0 radical (unpaired) electrons. The predicted octanol–water partition coefficient (Wildman–Crippen LogP) is 4.34. The smallest absolute Gasteiger partial charge is 0.285 e. The first-order chi connectivity index (χ1) is 15.2. The Hall–Kier alpha value is -3.70. The molecule has 1 unspecified atom stereocenters. The zero-order valence-electron chi connectivity index (χ0n) is 17.5. The summed E-state index contributed by atoms with van der Waals surface area (Å²) in [6.07, 6.45) is 3.56.